The Morgan fingerprint density at radius 1 is 1.07 bits per heavy atom. The first-order valence-electron chi connectivity index (χ1n) is 9.75. The van der Waals surface area contributed by atoms with Gasteiger partial charge in [0.25, 0.3) is 0 Å². The molecule has 6 nitrogen and oxygen atoms in total. The van der Waals surface area contributed by atoms with Crippen molar-refractivity contribution in [2.45, 2.75) is 13.0 Å². The predicted octanol–water partition coefficient (Wildman–Crippen LogP) is 2.35. The van der Waals surface area contributed by atoms with Crippen LogP contribution < -0.4 is 4.74 Å². The summed E-state index contributed by atoms with van der Waals surface area (Å²) in [5.41, 5.74) is 1.96. The molecule has 3 rings (SSSR count). The van der Waals surface area contributed by atoms with E-state index < -0.39 is 16.1 Å². The summed E-state index contributed by atoms with van der Waals surface area (Å²) < 4.78 is 32.2. The van der Waals surface area contributed by atoms with Gasteiger partial charge in [0, 0.05) is 38.1 Å². The van der Waals surface area contributed by atoms with Crippen molar-refractivity contribution in [1.29, 1.82) is 0 Å². The molecule has 0 amide bonds. The number of ether oxygens (including phenoxy) is 1. The summed E-state index contributed by atoms with van der Waals surface area (Å²) in [4.78, 5) is 2.07. The van der Waals surface area contributed by atoms with Gasteiger partial charge in [-0.05, 0) is 36.3 Å². The zero-order valence-electron chi connectivity index (χ0n) is 16.6. The van der Waals surface area contributed by atoms with Gasteiger partial charge in [-0.1, -0.05) is 42.5 Å². The predicted molar refractivity (Wildman–Crippen MR) is 115 cm³/mol. The van der Waals surface area contributed by atoms with Crippen LogP contribution in [-0.2, 0) is 10.0 Å². The molecule has 1 saturated heterocycles. The fourth-order valence-electron chi connectivity index (χ4n) is 3.23. The van der Waals surface area contributed by atoms with Gasteiger partial charge in [0.05, 0.1) is 0 Å². The Hall–Kier alpha value is -2.19. The summed E-state index contributed by atoms with van der Waals surface area (Å²) in [7, 11) is -3.44. The molecule has 1 aliphatic heterocycles. The molecule has 0 aromatic heterocycles. The van der Waals surface area contributed by atoms with Gasteiger partial charge in [-0.3, -0.25) is 4.90 Å². The highest BCUT2D eigenvalue weighted by atomic mass is 32.2. The number of hydrogen-bond acceptors (Lipinski definition) is 5. The third-order valence-corrected chi connectivity index (χ3v) is 6.39. The van der Waals surface area contributed by atoms with Crippen molar-refractivity contribution in [2.75, 3.05) is 39.3 Å². The lowest BCUT2D eigenvalue weighted by molar-refractivity contribution is 0.0570. The number of sulfonamides is 1. The number of rotatable bonds is 8. The normalized spacial score (nSPS) is 17.4. The highest BCUT2D eigenvalue weighted by Crippen LogP contribution is 2.14. The van der Waals surface area contributed by atoms with Crippen LogP contribution in [0.25, 0.3) is 6.08 Å². The number of hydrogen-bond donors (Lipinski definition) is 1. The van der Waals surface area contributed by atoms with Crippen LogP contribution in [0.3, 0.4) is 0 Å². The van der Waals surface area contributed by atoms with E-state index >= 15 is 0 Å². The molecule has 0 aliphatic carbocycles. The van der Waals surface area contributed by atoms with Crippen LogP contribution in [0.2, 0.25) is 0 Å². The second-order valence-electron chi connectivity index (χ2n) is 7.24. The van der Waals surface area contributed by atoms with Crippen molar-refractivity contribution < 1.29 is 18.3 Å². The molecule has 156 valence electrons. The Balaban J connectivity index is 1.44. The Morgan fingerprint density at radius 2 is 1.79 bits per heavy atom. The van der Waals surface area contributed by atoms with Crippen LogP contribution in [0.15, 0.2) is 60.0 Å². The van der Waals surface area contributed by atoms with Crippen LogP contribution in [-0.4, -0.2) is 68.2 Å². The monoisotopic (exact) mass is 416 g/mol. The molecule has 2 aromatic rings. The molecule has 29 heavy (non-hydrogen) atoms. The van der Waals surface area contributed by atoms with E-state index in [9.17, 15) is 13.5 Å². The van der Waals surface area contributed by atoms with E-state index in [4.69, 9.17) is 4.74 Å². The van der Waals surface area contributed by atoms with E-state index in [1.165, 1.54) is 9.71 Å². The third-order valence-electron chi connectivity index (χ3n) is 4.82. The van der Waals surface area contributed by atoms with Crippen molar-refractivity contribution >= 4 is 16.1 Å². The second kappa shape index (κ2) is 10.0. The van der Waals surface area contributed by atoms with E-state index in [2.05, 4.69) is 4.90 Å². The van der Waals surface area contributed by atoms with Crippen LogP contribution in [0.4, 0.5) is 0 Å². The van der Waals surface area contributed by atoms with E-state index in [0.717, 1.165) is 16.9 Å². The molecule has 1 aliphatic rings. The summed E-state index contributed by atoms with van der Waals surface area (Å²) in [6.45, 7) is 4.65. The maximum absolute atomic E-state index is 12.5. The van der Waals surface area contributed by atoms with Crippen LogP contribution >= 0.6 is 0 Å². The van der Waals surface area contributed by atoms with Crippen LogP contribution in [0, 0.1) is 6.92 Å². The largest absolute Gasteiger partial charge is 0.491 e. The molecular weight excluding hydrogens is 388 g/mol. The number of aliphatic hydroxyl groups is 1. The van der Waals surface area contributed by atoms with Gasteiger partial charge < -0.3 is 9.84 Å². The lowest BCUT2D eigenvalue weighted by atomic mass is 10.2. The zero-order chi connectivity index (χ0) is 20.7. The van der Waals surface area contributed by atoms with Gasteiger partial charge in [-0.15, -0.1) is 0 Å². The molecule has 0 radical (unpaired) electrons. The smallest absolute Gasteiger partial charge is 0.236 e. The first-order valence-corrected chi connectivity index (χ1v) is 11.3. The summed E-state index contributed by atoms with van der Waals surface area (Å²) in [6, 6.07) is 17.1. The van der Waals surface area contributed by atoms with Gasteiger partial charge in [0.1, 0.15) is 18.5 Å². The molecule has 7 heteroatoms. The van der Waals surface area contributed by atoms with Crippen molar-refractivity contribution in [3.8, 4) is 5.75 Å². The van der Waals surface area contributed by atoms with Crippen LogP contribution in [0.1, 0.15) is 11.1 Å². The van der Waals surface area contributed by atoms with Gasteiger partial charge in [-0.25, -0.2) is 8.42 Å². The zero-order valence-corrected chi connectivity index (χ0v) is 17.5. The van der Waals surface area contributed by atoms with Gasteiger partial charge >= 0.3 is 0 Å². The lowest BCUT2D eigenvalue weighted by Crippen LogP contribution is -2.50. The number of aliphatic hydroxyl groups excluding tert-OH is 1. The summed E-state index contributed by atoms with van der Waals surface area (Å²) in [5, 5.41) is 11.5. The number of β-amino-alcohol motifs (C(OH)–C–C–N with tert-alkyl or cyclic N) is 1. The van der Waals surface area contributed by atoms with E-state index in [-0.39, 0.29) is 6.61 Å². The van der Waals surface area contributed by atoms with Crippen molar-refractivity contribution in [3.63, 3.8) is 0 Å². The molecule has 0 unspecified atom stereocenters. The second-order valence-corrected chi connectivity index (χ2v) is 9.06. The van der Waals surface area contributed by atoms with Gasteiger partial charge in [0.15, 0.2) is 0 Å². The summed E-state index contributed by atoms with van der Waals surface area (Å²) >= 11 is 0. The first-order chi connectivity index (χ1) is 13.9. The molecular formula is C22H28N2O4S. The fraction of sp³-hybridized carbons (Fsp3) is 0.364. The summed E-state index contributed by atoms with van der Waals surface area (Å²) in [5.74, 6) is 0.741. The molecule has 0 bridgehead atoms. The average Bonchev–Trinajstić information content (AvgIpc) is 2.72. The minimum Gasteiger partial charge on any atom is -0.491 e. The van der Waals surface area contributed by atoms with E-state index in [1.54, 1.807) is 6.08 Å². The molecule has 1 atom stereocenters. The fourth-order valence-corrected chi connectivity index (χ4v) is 4.40. The van der Waals surface area contributed by atoms with Gasteiger partial charge in [0.2, 0.25) is 10.0 Å². The minimum absolute atomic E-state index is 0.210. The Labute approximate surface area is 173 Å². The van der Waals surface area contributed by atoms with Crippen LogP contribution in [0.5, 0.6) is 5.75 Å². The van der Waals surface area contributed by atoms with E-state index in [1.807, 2.05) is 61.5 Å². The number of aryl methyl sites for hydroxylation is 1. The minimum atomic E-state index is -3.44. The topological polar surface area (TPSA) is 70.1 Å². The molecule has 0 spiro atoms. The SMILES string of the molecule is Cc1cccc(OC[C@H](O)CN2CCN(S(=O)(=O)/C=C/c3ccccc3)CC2)c1. The number of benzene rings is 2. The highest BCUT2D eigenvalue weighted by molar-refractivity contribution is 7.92. The molecule has 1 N–H and O–H groups in total. The molecule has 1 heterocycles. The Morgan fingerprint density at radius 3 is 2.48 bits per heavy atom. The first kappa shape index (κ1) is 21.5. The Kier molecular flexibility index (Phi) is 7.44. The maximum atomic E-state index is 12.5. The van der Waals surface area contributed by atoms with Gasteiger partial charge in [-0.2, -0.15) is 4.31 Å². The number of nitrogens with zero attached hydrogens (tertiary/aromatic N) is 2. The quantitative estimate of drug-likeness (QED) is 0.715. The average molecular weight is 417 g/mol. The lowest BCUT2D eigenvalue weighted by Gasteiger charge is -2.34. The van der Waals surface area contributed by atoms with Crippen molar-refractivity contribution in [1.82, 2.24) is 9.21 Å². The van der Waals surface area contributed by atoms with Crippen molar-refractivity contribution in [3.05, 3.63) is 71.1 Å². The molecule has 1 fully saturated rings. The maximum Gasteiger partial charge on any atom is 0.236 e. The van der Waals surface area contributed by atoms with E-state index in [0.29, 0.717) is 32.7 Å². The Bertz CT molecular complexity index is 907. The number of piperazine rings is 1. The standard InChI is InChI=1S/C22H28N2O4S/c1-19-6-5-9-22(16-19)28-18-21(25)17-23-11-13-24(14-12-23)29(26,27)15-10-20-7-3-2-4-8-20/h2-10,15-16,21,25H,11-14,17-18H2,1H3/b15-10+/t21-/m1/s1. The highest BCUT2D eigenvalue weighted by Gasteiger charge is 2.26. The molecule has 2 aromatic carbocycles. The summed E-state index contributed by atoms with van der Waals surface area (Å²) in [6.07, 6.45) is 0.991. The molecule has 0 saturated carbocycles. The van der Waals surface area contributed by atoms with Crippen molar-refractivity contribution in [2.24, 2.45) is 0 Å². The third kappa shape index (κ3) is 6.68.